The minimum Gasteiger partial charge on any atom is -0.346 e. The molecule has 22 heavy (non-hydrogen) atoms. The number of rotatable bonds is 3. The number of halogens is 1. The Balaban J connectivity index is 1.53. The van der Waals surface area contributed by atoms with Crippen molar-refractivity contribution in [2.24, 2.45) is 11.8 Å². The molecule has 5 rings (SSSR count). The Kier molecular flexibility index (Phi) is 3.11. The van der Waals surface area contributed by atoms with Gasteiger partial charge in [0.25, 0.3) is 5.91 Å². The Bertz CT molecular complexity index is 580. The quantitative estimate of drug-likeness (QED) is 0.897. The molecule has 4 aliphatic rings. The third-order valence-electron chi connectivity index (χ3n) is 5.99. The number of amides is 1. The van der Waals surface area contributed by atoms with Crippen molar-refractivity contribution in [1.82, 2.24) is 5.32 Å². The lowest BCUT2D eigenvalue weighted by Crippen LogP contribution is -2.64. The number of hydrogen-bond donors (Lipinski definition) is 1. The van der Waals surface area contributed by atoms with Crippen LogP contribution >= 0.6 is 0 Å². The maximum absolute atomic E-state index is 14.9. The molecule has 3 heteroatoms. The molecule has 2 nitrogen and oxygen atoms in total. The first-order valence-corrected chi connectivity index (χ1v) is 8.60. The molecule has 2 unspecified atom stereocenters. The summed E-state index contributed by atoms with van der Waals surface area (Å²) in [5, 5.41) is 3.22. The number of hydrogen-bond acceptors (Lipinski definition) is 1. The Morgan fingerprint density at radius 2 is 1.82 bits per heavy atom. The van der Waals surface area contributed by atoms with Crippen molar-refractivity contribution < 1.29 is 9.18 Å². The van der Waals surface area contributed by atoms with Gasteiger partial charge in [0, 0.05) is 17.5 Å². The van der Waals surface area contributed by atoms with E-state index >= 15 is 0 Å². The van der Waals surface area contributed by atoms with Gasteiger partial charge >= 0.3 is 0 Å². The van der Waals surface area contributed by atoms with E-state index < -0.39 is 5.67 Å². The smallest absolute Gasteiger partial charge is 0.251 e. The standard InChI is InChI=1S/C19H24FNO/c1-2-13-3-5-16(6-4-13)17(22)21-19-10-14-7-15(11-19)9-18(20,8-14)12-19/h3-6,14-15H,2,7-12H2,1H3,(H,21,22). The second kappa shape index (κ2) is 4.81. The monoisotopic (exact) mass is 301 g/mol. The first kappa shape index (κ1) is 14.2. The average Bonchev–Trinajstić information content (AvgIpc) is 2.44. The van der Waals surface area contributed by atoms with E-state index in [9.17, 15) is 9.18 Å². The van der Waals surface area contributed by atoms with Gasteiger partial charge in [0.1, 0.15) is 5.67 Å². The summed E-state index contributed by atoms with van der Waals surface area (Å²) < 4.78 is 14.9. The third kappa shape index (κ3) is 2.35. The zero-order valence-corrected chi connectivity index (χ0v) is 13.2. The summed E-state index contributed by atoms with van der Waals surface area (Å²) in [6.45, 7) is 2.10. The van der Waals surface area contributed by atoms with Crippen molar-refractivity contribution in [3.63, 3.8) is 0 Å². The van der Waals surface area contributed by atoms with Gasteiger partial charge < -0.3 is 5.32 Å². The number of carbonyl (C=O) groups is 1. The minimum atomic E-state index is -1.02. The molecule has 1 N–H and O–H groups in total. The normalized spacial score (nSPS) is 39.0. The second-order valence-electron chi connectivity index (χ2n) is 7.90. The summed E-state index contributed by atoms with van der Waals surface area (Å²) in [4.78, 5) is 12.6. The van der Waals surface area contributed by atoms with Crippen LogP contribution in [0.15, 0.2) is 24.3 Å². The molecule has 4 aliphatic carbocycles. The van der Waals surface area contributed by atoms with Crippen LogP contribution in [0.25, 0.3) is 0 Å². The number of aryl methyl sites for hydroxylation is 1. The first-order chi connectivity index (χ1) is 10.5. The van der Waals surface area contributed by atoms with Crippen LogP contribution in [0.5, 0.6) is 0 Å². The molecule has 1 amide bonds. The van der Waals surface area contributed by atoms with Crippen LogP contribution in [0.3, 0.4) is 0 Å². The van der Waals surface area contributed by atoms with Crippen molar-refractivity contribution >= 4 is 5.91 Å². The second-order valence-corrected chi connectivity index (χ2v) is 7.90. The van der Waals surface area contributed by atoms with Crippen molar-refractivity contribution in [2.45, 2.75) is 63.1 Å². The Hall–Kier alpha value is -1.38. The molecule has 1 aromatic rings. The molecule has 0 spiro atoms. The summed E-state index contributed by atoms with van der Waals surface area (Å²) in [7, 11) is 0. The molecule has 0 aromatic heterocycles. The van der Waals surface area contributed by atoms with Crippen molar-refractivity contribution in [2.75, 3.05) is 0 Å². The summed E-state index contributed by atoms with van der Waals surface area (Å²) in [5.41, 5.74) is 0.609. The van der Waals surface area contributed by atoms with Crippen LogP contribution in [-0.2, 0) is 6.42 Å². The fourth-order valence-electron chi connectivity index (χ4n) is 5.50. The molecular weight excluding hydrogens is 277 g/mol. The fraction of sp³-hybridized carbons (Fsp3) is 0.632. The van der Waals surface area contributed by atoms with Gasteiger partial charge in [-0.3, -0.25) is 4.79 Å². The molecule has 4 saturated carbocycles. The van der Waals surface area contributed by atoms with Crippen LogP contribution < -0.4 is 5.32 Å². The highest BCUT2D eigenvalue weighted by Gasteiger charge is 2.58. The van der Waals surface area contributed by atoms with Crippen LogP contribution in [0.1, 0.15) is 61.4 Å². The molecular formula is C19H24FNO. The molecule has 4 bridgehead atoms. The highest BCUT2D eigenvalue weighted by Crippen LogP contribution is 2.59. The van der Waals surface area contributed by atoms with E-state index in [-0.39, 0.29) is 11.4 Å². The lowest BCUT2D eigenvalue weighted by atomic mass is 9.51. The van der Waals surface area contributed by atoms with Gasteiger partial charge in [-0.05, 0) is 68.1 Å². The van der Waals surface area contributed by atoms with E-state index in [1.165, 1.54) is 5.56 Å². The zero-order chi connectivity index (χ0) is 15.4. The average molecular weight is 301 g/mol. The van der Waals surface area contributed by atoms with Crippen LogP contribution in [0.2, 0.25) is 0 Å². The highest BCUT2D eigenvalue weighted by molar-refractivity contribution is 5.94. The van der Waals surface area contributed by atoms with Gasteiger partial charge in [-0.1, -0.05) is 19.1 Å². The number of carbonyl (C=O) groups excluding carboxylic acids is 1. The van der Waals surface area contributed by atoms with E-state index in [2.05, 4.69) is 12.2 Å². The van der Waals surface area contributed by atoms with E-state index in [1.807, 2.05) is 24.3 Å². The molecule has 0 radical (unpaired) electrons. The number of alkyl halides is 1. The molecule has 0 heterocycles. The van der Waals surface area contributed by atoms with Gasteiger partial charge in [0.2, 0.25) is 0 Å². The Morgan fingerprint density at radius 1 is 1.18 bits per heavy atom. The maximum atomic E-state index is 14.9. The molecule has 2 atom stereocenters. The molecule has 1 aromatic carbocycles. The molecule has 0 aliphatic heterocycles. The van der Waals surface area contributed by atoms with Crippen LogP contribution in [-0.4, -0.2) is 17.1 Å². The van der Waals surface area contributed by atoms with Gasteiger partial charge in [-0.15, -0.1) is 0 Å². The van der Waals surface area contributed by atoms with Crippen molar-refractivity contribution in [3.8, 4) is 0 Å². The SMILES string of the molecule is CCc1ccc(C(=O)NC23CC4CC(CC(F)(C4)C2)C3)cc1. The number of benzene rings is 1. The summed E-state index contributed by atoms with van der Waals surface area (Å²) in [5.74, 6) is 0.899. The lowest BCUT2D eigenvalue weighted by molar-refractivity contribution is -0.0937. The Labute approximate surface area is 131 Å². The summed E-state index contributed by atoms with van der Waals surface area (Å²) in [6.07, 6.45) is 6.01. The van der Waals surface area contributed by atoms with Gasteiger partial charge in [-0.2, -0.15) is 0 Å². The maximum Gasteiger partial charge on any atom is 0.251 e. The summed E-state index contributed by atoms with van der Waals surface area (Å²) in [6, 6.07) is 7.79. The van der Waals surface area contributed by atoms with E-state index in [1.54, 1.807) is 0 Å². The van der Waals surface area contributed by atoms with Crippen LogP contribution in [0, 0.1) is 11.8 Å². The van der Waals surface area contributed by atoms with Gasteiger partial charge in [0.15, 0.2) is 0 Å². The molecule has 4 fully saturated rings. The fourth-order valence-corrected chi connectivity index (χ4v) is 5.50. The Morgan fingerprint density at radius 3 is 2.36 bits per heavy atom. The largest absolute Gasteiger partial charge is 0.346 e. The van der Waals surface area contributed by atoms with Gasteiger partial charge in [-0.25, -0.2) is 4.39 Å². The first-order valence-electron chi connectivity index (χ1n) is 8.60. The summed E-state index contributed by atoms with van der Waals surface area (Å²) >= 11 is 0. The van der Waals surface area contributed by atoms with Crippen molar-refractivity contribution in [3.05, 3.63) is 35.4 Å². The molecule has 118 valence electrons. The van der Waals surface area contributed by atoms with E-state index in [0.717, 1.165) is 25.7 Å². The lowest BCUT2D eigenvalue weighted by Gasteiger charge is -2.59. The predicted octanol–water partition coefficient (Wildman–Crippen LogP) is 4.04. The third-order valence-corrected chi connectivity index (χ3v) is 5.99. The molecule has 0 saturated heterocycles. The number of nitrogens with one attached hydrogen (secondary N) is 1. The van der Waals surface area contributed by atoms with Crippen molar-refractivity contribution in [1.29, 1.82) is 0 Å². The predicted molar refractivity (Wildman–Crippen MR) is 84.5 cm³/mol. The topological polar surface area (TPSA) is 29.1 Å². The highest BCUT2D eigenvalue weighted by atomic mass is 19.1. The van der Waals surface area contributed by atoms with E-state index in [4.69, 9.17) is 0 Å². The zero-order valence-electron chi connectivity index (χ0n) is 13.2. The minimum absolute atomic E-state index is 0.0341. The van der Waals surface area contributed by atoms with E-state index in [0.29, 0.717) is 36.7 Å². The van der Waals surface area contributed by atoms with Gasteiger partial charge in [0.05, 0.1) is 0 Å². The van der Waals surface area contributed by atoms with Crippen LogP contribution in [0.4, 0.5) is 4.39 Å².